The van der Waals surface area contributed by atoms with E-state index >= 15 is 0 Å². The molecule has 0 radical (unpaired) electrons. The Morgan fingerprint density at radius 1 is 0.819 bits per heavy atom. The Labute approximate surface area is 490 Å². The van der Waals surface area contributed by atoms with E-state index < -0.39 is 17.8 Å². The van der Waals surface area contributed by atoms with Crippen molar-refractivity contribution in [3.05, 3.63) is 107 Å². The average Bonchev–Trinajstić information content (AvgIpc) is 3.27. The third kappa shape index (κ3) is 13.1. The molecule has 83 heavy (non-hydrogen) atoms. The lowest BCUT2D eigenvalue weighted by Crippen LogP contribution is -2.55. The van der Waals surface area contributed by atoms with Crippen LogP contribution in [0.5, 0.6) is 6.01 Å². The summed E-state index contributed by atoms with van der Waals surface area (Å²) in [4.78, 5) is 64.5. The molecule has 8 heterocycles. The van der Waals surface area contributed by atoms with E-state index in [0.29, 0.717) is 107 Å². The van der Waals surface area contributed by atoms with Crippen LogP contribution in [-0.4, -0.2) is 163 Å². The number of ether oxygens (including phenoxy) is 3. The van der Waals surface area contributed by atoms with Gasteiger partial charge in [-0.25, -0.2) is 9.37 Å². The molecule has 4 atom stereocenters. The van der Waals surface area contributed by atoms with E-state index in [9.17, 15) is 19.2 Å². The molecule has 3 aromatic heterocycles. The zero-order valence-corrected chi connectivity index (χ0v) is 48.5. The maximum absolute atomic E-state index is 14.1. The van der Waals surface area contributed by atoms with Gasteiger partial charge in [0.25, 0.3) is 11.8 Å². The quantitative estimate of drug-likeness (QED) is 0.0563. The van der Waals surface area contributed by atoms with Gasteiger partial charge in [0.1, 0.15) is 18.2 Å². The molecule has 0 bridgehead atoms. The second kappa shape index (κ2) is 26.6. The van der Waals surface area contributed by atoms with Crippen LogP contribution in [0.2, 0.25) is 5.02 Å². The van der Waals surface area contributed by atoms with Crippen molar-refractivity contribution < 1.29 is 28.2 Å². The van der Waals surface area contributed by atoms with E-state index in [0.717, 1.165) is 127 Å². The van der Waals surface area contributed by atoms with E-state index in [1.807, 2.05) is 42.5 Å². The number of morpholine rings is 2. The van der Waals surface area contributed by atoms with Crippen molar-refractivity contribution in [1.29, 1.82) is 5.26 Å². The number of unbranched alkanes of at least 4 members (excludes halogenated alkanes) is 5. The molecule has 18 nitrogen and oxygen atoms in total. The molecule has 1 N–H and O–H groups in total. The van der Waals surface area contributed by atoms with Crippen molar-refractivity contribution in [2.45, 2.75) is 109 Å². The number of piperazine rings is 1. The normalized spacial score (nSPS) is 20.4. The van der Waals surface area contributed by atoms with Crippen molar-refractivity contribution >= 4 is 68.5 Å². The molecule has 20 heteroatoms. The molecule has 4 saturated heterocycles. The third-order valence-corrected chi connectivity index (χ3v) is 17.4. The summed E-state index contributed by atoms with van der Waals surface area (Å²) in [6.07, 6.45) is 9.22. The standard InChI is InChI=1S/C63H75ClFN13O5/c1-42-39-81-34-32-76(42)59-51-21-22-53(68-57(51)70-62(71-59)77-33-35-82-40-43(77)2)46-16-10-17-47(36-46)60(79)67-26-8-6-4-5-7-9-27-73-28-13-18-49(73)41-83-63-69-54-38-74(55-20-12-15-45-14-11-19-52(64)56(45)55)29-24-50(54)58(72-63)75-30-31-78(61(80)44(3)65)48(37-75)23-25-66/h10-12,14-17,19-22,36,42-43,48-49H,3-9,13,18,23-24,26-35,37-41H2,1-2H3,(H,67,79)/t42-,43-,48+,49+/m1/s1. The Bertz CT molecular complexity index is 3360. The number of aromatic nitrogens is 5. The van der Waals surface area contributed by atoms with Gasteiger partial charge in [-0.05, 0) is 101 Å². The second-order valence-corrected chi connectivity index (χ2v) is 23.1. The van der Waals surface area contributed by atoms with Crippen LogP contribution in [0.1, 0.15) is 93.3 Å². The molecule has 11 rings (SSSR count). The van der Waals surface area contributed by atoms with E-state index in [1.165, 1.54) is 4.90 Å². The number of fused-ring (bicyclic) bond motifs is 3. The van der Waals surface area contributed by atoms with Crippen LogP contribution in [0, 0.1) is 11.3 Å². The first-order chi connectivity index (χ1) is 40.5. The number of nitrogens with zero attached hydrogens (tertiary/aromatic N) is 12. The number of benzene rings is 3. The molecule has 4 fully saturated rings. The van der Waals surface area contributed by atoms with Crippen LogP contribution in [-0.2, 0) is 27.2 Å². The van der Waals surface area contributed by atoms with Gasteiger partial charge in [-0.15, -0.1) is 0 Å². The van der Waals surface area contributed by atoms with Gasteiger partial charge in [0.05, 0.1) is 85.4 Å². The lowest BCUT2D eigenvalue weighted by atomic mass is 10.0. The summed E-state index contributed by atoms with van der Waals surface area (Å²) in [6.45, 7) is 16.7. The Hall–Kier alpha value is -7.24. The molecule has 0 aliphatic carbocycles. The first-order valence-electron chi connectivity index (χ1n) is 29.7. The summed E-state index contributed by atoms with van der Waals surface area (Å²) in [5.41, 5.74) is 5.71. The predicted molar refractivity (Wildman–Crippen MR) is 322 cm³/mol. The number of nitriles is 1. The van der Waals surface area contributed by atoms with Gasteiger partial charge >= 0.3 is 6.01 Å². The maximum Gasteiger partial charge on any atom is 0.318 e. The van der Waals surface area contributed by atoms with Gasteiger partial charge in [0.2, 0.25) is 5.95 Å². The van der Waals surface area contributed by atoms with Crippen LogP contribution in [0.3, 0.4) is 0 Å². The highest BCUT2D eigenvalue weighted by Gasteiger charge is 2.36. The number of halogens is 2. The van der Waals surface area contributed by atoms with Crippen LogP contribution >= 0.6 is 11.6 Å². The minimum absolute atomic E-state index is 0.0504. The van der Waals surface area contributed by atoms with E-state index in [4.69, 9.17) is 50.7 Å². The van der Waals surface area contributed by atoms with Crippen LogP contribution in [0.4, 0.5) is 27.7 Å². The maximum atomic E-state index is 14.1. The monoisotopic (exact) mass is 1150 g/mol. The number of hydrogen-bond acceptors (Lipinski definition) is 16. The van der Waals surface area contributed by atoms with Gasteiger partial charge in [-0.2, -0.15) is 25.2 Å². The SMILES string of the molecule is C=C(F)C(=O)N1CCN(c2nc(OC[C@@H]3CCCN3CCCCCCCCNC(=O)c3cccc(-c4ccc5c(N6CCOC[C@H]6C)nc(N6CCOC[C@H]6C)nc5n4)c3)nc3c2CCN(c2cccc4cccc(Cl)c24)C3)C[C@@H]1CC#N. The number of carbonyl (C=O) groups is 2. The molecule has 3 aromatic carbocycles. The number of likely N-dealkylation sites (tertiary alicyclic amines) is 1. The molecule has 0 saturated carbocycles. The Balaban J connectivity index is 0.663. The van der Waals surface area contributed by atoms with E-state index in [2.05, 4.69) is 86.6 Å². The molecule has 6 aromatic rings. The molecular weight excluding hydrogens is 1070 g/mol. The predicted octanol–water partition coefficient (Wildman–Crippen LogP) is 9.33. The fourth-order valence-corrected chi connectivity index (χ4v) is 12.9. The summed E-state index contributed by atoms with van der Waals surface area (Å²) in [7, 11) is 0. The number of amides is 2. The van der Waals surface area contributed by atoms with Crippen molar-refractivity contribution in [3.63, 3.8) is 0 Å². The van der Waals surface area contributed by atoms with Crippen molar-refractivity contribution in [1.82, 2.24) is 40.0 Å². The Morgan fingerprint density at radius 2 is 1.59 bits per heavy atom. The zero-order valence-electron chi connectivity index (χ0n) is 47.8. The summed E-state index contributed by atoms with van der Waals surface area (Å²) in [5, 5.41) is 16.5. The highest BCUT2D eigenvalue weighted by Crippen LogP contribution is 2.38. The van der Waals surface area contributed by atoms with Gasteiger partial charge in [0, 0.05) is 79.6 Å². The Morgan fingerprint density at radius 3 is 2.39 bits per heavy atom. The van der Waals surface area contributed by atoms with Crippen LogP contribution in [0.15, 0.2) is 85.2 Å². The molecule has 5 aliphatic heterocycles. The number of hydrogen-bond donors (Lipinski definition) is 1. The van der Waals surface area contributed by atoms with E-state index in [-0.39, 0.29) is 37.0 Å². The van der Waals surface area contributed by atoms with Crippen LogP contribution in [0.25, 0.3) is 33.1 Å². The van der Waals surface area contributed by atoms with Crippen molar-refractivity contribution in [2.24, 2.45) is 0 Å². The number of rotatable bonds is 20. The molecule has 2 amide bonds. The van der Waals surface area contributed by atoms with Gasteiger partial charge in [-0.3, -0.25) is 14.5 Å². The highest BCUT2D eigenvalue weighted by atomic mass is 35.5. The number of nitrogens with one attached hydrogen (secondary N) is 1. The largest absolute Gasteiger partial charge is 0.462 e. The summed E-state index contributed by atoms with van der Waals surface area (Å²) < 4.78 is 32.2. The first kappa shape index (κ1) is 57.6. The van der Waals surface area contributed by atoms with Gasteiger partial charge in [0.15, 0.2) is 11.5 Å². The smallest absolute Gasteiger partial charge is 0.318 e. The lowest BCUT2D eigenvalue weighted by Gasteiger charge is -2.42. The highest BCUT2D eigenvalue weighted by molar-refractivity contribution is 6.36. The minimum Gasteiger partial charge on any atom is -0.462 e. The van der Waals surface area contributed by atoms with Crippen LogP contribution < -0.4 is 29.7 Å². The fourth-order valence-electron chi connectivity index (χ4n) is 12.6. The fraction of sp³-hybridized carbons (Fsp3) is 0.492. The number of anilines is 4. The molecule has 5 aliphatic rings. The molecular formula is C63H75ClFN13O5. The number of pyridine rings is 1. The molecule has 436 valence electrons. The van der Waals surface area contributed by atoms with E-state index in [1.54, 1.807) is 0 Å². The average molecular weight is 1150 g/mol. The molecule has 0 unspecified atom stereocenters. The van der Waals surface area contributed by atoms with Crippen molar-refractivity contribution in [3.8, 4) is 23.3 Å². The third-order valence-electron chi connectivity index (χ3n) is 17.1. The van der Waals surface area contributed by atoms with Gasteiger partial charge < -0.3 is 44.0 Å². The number of carbonyl (C=O) groups excluding carboxylic acids is 2. The summed E-state index contributed by atoms with van der Waals surface area (Å²) in [5.74, 6) is 0.336. The van der Waals surface area contributed by atoms with Crippen molar-refractivity contribution in [2.75, 3.05) is 112 Å². The van der Waals surface area contributed by atoms with Gasteiger partial charge in [-0.1, -0.05) is 80.3 Å². The topological polar surface area (TPSA) is 182 Å². The summed E-state index contributed by atoms with van der Waals surface area (Å²) >= 11 is 6.81. The second-order valence-electron chi connectivity index (χ2n) is 22.7. The molecule has 0 spiro atoms. The first-order valence-corrected chi connectivity index (χ1v) is 30.1. The lowest BCUT2D eigenvalue weighted by molar-refractivity contribution is -0.131. The minimum atomic E-state index is -1.03. The summed E-state index contributed by atoms with van der Waals surface area (Å²) in [6, 6.07) is 26.4. The zero-order chi connectivity index (χ0) is 57.4. The Kier molecular flexibility index (Phi) is 18.4.